The molecule has 1 heterocycles. The summed E-state index contributed by atoms with van der Waals surface area (Å²) in [6.45, 7) is 6.81. The molecule has 0 atom stereocenters. The van der Waals surface area contributed by atoms with E-state index in [1.807, 2.05) is 19.2 Å². The van der Waals surface area contributed by atoms with Gasteiger partial charge in [-0.2, -0.15) is 0 Å². The lowest BCUT2D eigenvalue weighted by Gasteiger charge is -2.07. The highest BCUT2D eigenvalue weighted by Gasteiger charge is 1.95. The lowest BCUT2D eigenvalue weighted by atomic mass is 10.2. The molecule has 0 fully saturated rings. The molecule has 0 aliphatic carbocycles. The van der Waals surface area contributed by atoms with E-state index >= 15 is 0 Å². The van der Waals surface area contributed by atoms with Crippen LogP contribution in [-0.4, -0.2) is 17.7 Å². The molecule has 90 valence electrons. The van der Waals surface area contributed by atoms with E-state index in [1.165, 1.54) is 19.3 Å². The van der Waals surface area contributed by atoms with Gasteiger partial charge in [-0.3, -0.25) is 4.79 Å². The van der Waals surface area contributed by atoms with Crippen molar-refractivity contribution in [3.63, 3.8) is 0 Å². The molecule has 1 rings (SSSR count). The molecule has 16 heavy (non-hydrogen) atoms. The molecule has 0 amide bonds. The Balaban J connectivity index is 2.24. The molecule has 0 aromatic carbocycles. The van der Waals surface area contributed by atoms with Crippen molar-refractivity contribution in [3.05, 3.63) is 34.2 Å². The first-order chi connectivity index (χ1) is 7.74. The third kappa shape index (κ3) is 4.62. The second kappa shape index (κ2) is 7.23. The number of nitrogens with one attached hydrogen (secondary N) is 1. The quantitative estimate of drug-likeness (QED) is 0.715. The molecule has 1 N–H and O–H groups in total. The Labute approximate surface area is 97.5 Å². The average Bonchev–Trinajstić information content (AvgIpc) is 2.26. The lowest BCUT2D eigenvalue weighted by molar-refractivity contribution is 0.561. The molecule has 0 saturated heterocycles. The molecule has 1 aromatic rings. The standard InChI is InChI=1S/C13H22N2O/c1-3-4-5-7-14-8-10-15-9-6-12(2)11-13(15)16/h6,9,11,14H,3-5,7-8,10H2,1-2H3. The monoisotopic (exact) mass is 222 g/mol. The van der Waals surface area contributed by atoms with Gasteiger partial charge in [0.2, 0.25) is 0 Å². The maximum Gasteiger partial charge on any atom is 0.250 e. The Bertz CT molecular complexity index is 357. The normalized spacial score (nSPS) is 10.6. The van der Waals surface area contributed by atoms with Gasteiger partial charge in [0.1, 0.15) is 0 Å². The lowest BCUT2D eigenvalue weighted by Crippen LogP contribution is -2.26. The van der Waals surface area contributed by atoms with Crippen LogP contribution in [0.15, 0.2) is 23.1 Å². The summed E-state index contributed by atoms with van der Waals surface area (Å²) in [5.74, 6) is 0. The Hall–Kier alpha value is -1.09. The molecule has 3 heteroatoms. The zero-order chi connectivity index (χ0) is 11.8. The third-order valence-corrected chi connectivity index (χ3v) is 2.64. The van der Waals surface area contributed by atoms with Gasteiger partial charge in [0.05, 0.1) is 0 Å². The van der Waals surface area contributed by atoms with Crippen molar-refractivity contribution in [2.75, 3.05) is 13.1 Å². The number of rotatable bonds is 7. The molecule has 0 aliphatic heterocycles. The minimum Gasteiger partial charge on any atom is -0.315 e. The second-order valence-corrected chi connectivity index (χ2v) is 4.19. The highest BCUT2D eigenvalue weighted by molar-refractivity contribution is 5.07. The molecular formula is C13H22N2O. The molecule has 0 spiro atoms. The first kappa shape index (κ1) is 13.0. The molecule has 0 saturated carbocycles. The Morgan fingerprint density at radius 1 is 1.31 bits per heavy atom. The minimum atomic E-state index is 0.0929. The summed E-state index contributed by atoms with van der Waals surface area (Å²) >= 11 is 0. The summed E-state index contributed by atoms with van der Waals surface area (Å²) in [6.07, 6.45) is 5.61. The van der Waals surface area contributed by atoms with Gasteiger partial charge < -0.3 is 9.88 Å². The fourth-order valence-electron chi connectivity index (χ4n) is 1.62. The predicted octanol–water partition coefficient (Wildman–Crippen LogP) is 1.94. The number of pyridine rings is 1. The first-order valence-corrected chi connectivity index (χ1v) is 6.12. The summed E-state index contributed by atoms with van der Waals surface area (Å²) in [7, 11) is 0. The van der Waals surface area contributed by atoms with Gasteiger partial charge in [-0.05, 0) is 31.5 Å². The topological polar surface area (TPSA) is 34.0 Å². The molecular weight excluding hydrogens is 200 g/mol. The second-order valence-electron chi connectivity index (χ2n) is 4.19. The highest BCUT2D eigenvalue weighted by Crippen LogP contribution is 1.92. The van der Waals surface area contributed by atoms with Crippen molar-refractivity contribution < 1.29 is 0 Å². The van der Waals surface area contributed by atoms with E-state index in [-0.39, 0.29) is 5.56 Å². The summed E-state index contributed by atoms with van der Waals surface area (Å²) < 4.78 is 1.75. The molecule has 0 aliphatic rings. The number of aryl methyl sites for hydroxylation is 1. The Morgan fingerprint density at radius 3 is 2.81 bits per heavy atom. The summed E-state index contributed by atoms with van der Waals surface area (Å²) in [4.78, 5) is 11.5. The number of unbranched alkanes of at least 4 members (excludes halogenated alkanes) is 2. The van der Waals surface area contributed by atoms with Crippen LogP contribution in [0.25, 0.3) is 0 Å². The van der Waals surface area contributed by atoms with Crippen LogP contribution in [0, 0.1) is 6.92 Å². The fourth-order valence-corrected chi connectivity index (χ4v) is 1.62. The summed E-state index contributed by atoms with van der Waals surface area (Å²) in [5, 5.41) is 3.35. The van der Waals surface area contributed by atoms with Gasteiger partial charge in [0, 0.05) is 25.4 Å². The van der Waals surface area contributed by atoms with E-state index in [0.29, 0.717) is 0 Å². The Morgan fingerprint density at radius 2 is 2.12 bits per heavy atom. The minimum absolute atomic E-state index is 0.0929. The van der Waals surface area contributed by atoms with Crippen LogP contribution < -0.4 is 10.9 Å². The van der Waals surface area contributed by atoms with Crippen molar-refractivity contribution in [2.24, 2.45) is 0 Å². The van der Waals surface area contributed by atoms with Gasteiger partial charge in [0.25, 0.3) is 5.56 Å². The van der Waals surface area contributed by atoms with Crippen LogP contribution in [0.1, 0.15) is 31.7 Å². The van der Waals surface area contributed by atoms with Crippen molar-refractivity contribution in [1.29, 1.82) is 0 Å². The van der Waals surface area contributed by atoms with Crippen molar-refractivity contribution >= 4 is 0 Å². The number of nitrogens with zero attached hydrogens (tertiary/aromatic N) is 1. The van der Waals surface area contributed by atoms with Gasteiger partial charge >= 0.3 is 0 Å². The van der Waals surface area contributed by atoms with Gasteiger partial charge in [-0.1, -0.05) is 19.8 Å². The predicted molar refractivity (Wildman–Crippen MR) is 67.8 cm³/mol. The molecule has 0 bridgehead atoms. The van der Waals surface area contributed by atoms with Crippen LogP contribution in [0.3, 0.4) is 0 Å². The number of hydrogen-bond acceptors (Lipinski definition) is 2. The summed E-state index contributed by atoms with van der Waals surface area (Å²) in [5.41, 5.74) is 1.12. The smallest absolute Gasteiger partial charge is 0.250 e. The van der Waals surface area contributed by atoms with Crippen LogP contribution in [-0.2, 0) is 6.54 Å². The molecule has 1 aromatic heterocycles. The molecule has 0 radical (unpaired) electrons. The first-order valence-electron chi connectivity index (χ1n) is 6.12. The van der Waals surface area contributed by atoms with E-state index in [9.17, 15) is 4.79 Å². The maximum atomic E-state index is 11.5. The number of aromatic nitrogens is 1. The summed E-state index contributed by atoms with van der Waals surface area (Å²) in [6, 6.07) is 3.65. The van der Waals surface area contributed by atoms with Crippen molar-refractivity contribution in [2.45, 2.75) is 39.7 Å². The Kier molecular flexibility index (Phi) is 5.86. The highest BCUT2D eigenvalue weighted by atomic mass is 16.1. The van der Waals surface area contributed by atoms with Crippen LogP contribution in [0.4, 0.5) is 0 Å². The average molecular weight is 222 g/mol. The number of hydrogen-bond donors (Lipinski definition) is 1. The van der Waals surface area contributed by atoms with Crippen LogP contribution in [0.2, 0.25) is 0 Å². The van der Waals surface area contributed by atoms with E-state index in [2.05, 4.69) is 12.2 Å². The fraction of sp³-hybridized carbons (Fsp3) is 0.615. The van der Waals surface area contributed by atoms with Crippen molar-refractivity contribution in [3.8, 4) is 0 Å². The van der Waals surface area contributed by atoms with Gasteiger partial charge in [-0.15, -0.1) is 0 Å². The third-order valence-electron chi connectivity index (χ3n) is 2.64. The zero-order valence-electron chi connectivity index (χ0n) is 10.3. The van der Waals surface area contributed by atoms with E-state index in [1.54, 1.807) is 10.6 Å². The van der Waals surface area contributed by atoms with Crippen LogP contribution in [0.5, 0.6) is 0 Å². The SMILES string of the molecule is CCCCCNCCn1ccc(C)cc1=O. The van der Waals surface area contributed by atoms with E-state index in [0.717, 1.165) is 25.2 Å². The maximum absolute atomic E-state index is 11.5. The van der Waals surface area contributed by atoms with Gasteiger partial charge in [-0.25, -0.2) is 0 Å². The van der Waals surface area contributed by atoms with Gasteiger partial charge in [0.15, 0.2) is 0 Å². The van der Waals surface area contributed by atoms with Crippen LogP contribution >= 0.6 is 0 Å². The van der Waals surface area contributed by atoms with Crippen molar-refractivity contribution in [1.82, 2.24) is 9.88 Å². The largest absolute Gasteiger partial charge is 0.315 e. The van der Waals surface area contributed by atoms with E-state index < -0.39 is 0 Å². The van der Waals surface area contributed by atoms with E-state index in [4.69, 9.17) is 0 Å². The zero-order valence-corrected chi connectivity index (χ0v) is 10.3. The molecule has 0 unspecified atom stereocenters. The molecule has 3 nitrogen and oxygen atoms in total.